The molecule has 40 valence electrons. The molecule has 0 aromatic rings. The highest BCUT2D eigenvalue weighted by Gasteiger charge is 1.84. The average Bonchev–Trinajstić information content (AvgIpc) is 1.68. The molecule has 0 saturated heterocycles. The van der Waals surface area contributed by atoms with Crippen molar-refractivity contribution in [3.63, 3.8) is 0 Å². The summed E-state index contributed by atoms with van der Waals surface area (Å²) in [5.74, 6) is 0. The Morgan fingerprint density at radius 2 is 2.43 bits per heavy atom. The van der Waals surface area contributed by atoms with Crippen LogP contribution in [0.5, 0.6) is 0 Å². The maximum atomic E-state index is 9.69. The Hall–Kier alpha value is -0.110. The normalized spacial score (nSPS) is 8.14. The van der Waals surface area contributed by atoms with E-state index in [1.165, 1.54) is 0 Å². The van der Waals surface area contributed by atoms with Gasteiger partial charge < -0.3 is 4.79 Å². The first kappa shape index (κ1) is 6.89. The van der Waals surface area contributed by atoms with Gasteiger partial charge in [0.15, 0.2) is 0 Å². The molecule has 0 aromatic carbocycles. The maximum absolute atomic E-state index is 9.69. The molecular weight excluding hydrogens is 156 g/mol. The van der Waals surface area contributed by atoms with Crippen LogP contribution in [0.1, 0.15) is 6.42 Å². The van der Waals surface area contributed by atoms with Crippen molar-refractivity contribution in [3.8, 4) is 0 Å². The van der Waals surface area contributed by atoms with Crippen molar-refractivity contribution in [3.05, 3.63) is 12.2 Å². The van der Waals surface area contributed by atoms with Gasteiger partial charge in [-0.3, -0.25) is 0 Å². The zero-order valence-corrected chi connectivity index (χ0v) is 5.57. The maximum Gasteiger partial charge on any atom is 0.124 e. The zero-order chi connectivity index (χ0) is 5.70. The summed E-state index contributed by atoms with van der Waals surface area (Å²) in [6.45, 7) is 3.58. The summed E-state index contributed by atoms with van der Waals surface area (Å²) >= 11 is 3.16. The van der Waals surface area contributed by atoms with E-state index < -0.39 is 0 Å². The van der Waals surface area contributed by atoms with Gasteiger partial charge in [-0.15, -0.1) is 0 Å². The van der Waals surface area contributed by atoms with E-state index in [1.54, 1.807) is 0 Å². The first-order valence-corrected chi connectivity index (χ1v) is 3.09. The highest BCUT2D eigenvalue weighted by atomic mass is 79.9. The van der Waals surface area contributed by atoms with Crippen molar-refractivity contribution in [1.29, 1.82) is 0 Å². The van der Waals surface area contributed by atoms with E-state index in [1.807, 2.05) is 0 Å². The van der Waals surface area contributed by atoms with Crippen molar-refractivity contribution in [1.82, 2.24) is 0 Å². The van der Waals surface area contributed by atoms with Crippen LogP contribution in [0.3, 0.4) is 0 Å². The SMILES string of the molecule is C=C(CBr)CC=O. The van der Waals surface area contributed by atoms with E-state index in [0.717, 1.165) is 17.2 Å². The van der Waals surface area contributed by atoms with Gasteiger partial charge in [-0.2, -0.15) is 0 Å². The van der Waals surface area contributed by atoms with E-state index in [2.05, 4.69) is 22.5 Å². The van der Waals surface area contributed by atoms with Gasteiger partial charge >= 0.3 is 0 Å². The Balaban J connectivity index is 3.17. The van der Waals surface area contributed by atoms with Crippen molar-refractivity contribution in [2.45, 2.75) is 6.42 Å². The standard InChI is InChI=1S/C5H7BrO/c1-5(4-6)2-3-7/h3H,1-2,4H2. The molecule has 0 amide bonds. The van der Waals surface area contributed by atoms with E-state index in [4.69, 9.17) is 0 Å². The Morgan fingerprint density at radius 3 is 2.57 bits per heavy atom. The second-order valence-corrected chi connectivity index (χ2v) is 1.82. The Labute approximate surface area is 51.5 Å². The molecule has 0 N–H and O–H groups in total. The van der Waals surface area contributed by atoms with Crippen LogP contribution in [-0.2, 0) is 4.79 Å². The van der Waals surface area contributed by atoms with Crippen LogP contribution < -0.4 is 0 Å². The predicted octanol–water partition coefficient (Wildman–Crippen LogP) is 1.53. The fraction of sp³-hybridized carbons (Fsp3) is 0.400. The fourth-order valence-corrected chi connectivity index (χ4v) is 0.401. The third-order valence-electron chi connectivity index (χ3n) is 0.561. The summed E-state index contributed by atoms with van der Waals surface area (Å²) in [4.78, 5) is 9.69. The van der Waals surface area contributed by atoms with Crippen LogP contribution in [0.25, 0.3) is 0 Å². The second kappa shape index (κ2) is 4.06. The lowest BCUT2D eigenvalue weighted by Gasteiger charge is -1.87. The topological polar surface area (TPSA) is 17.1 Å². The highest BCUT2D eigenvalue weighted by molar-refractivity contribution is 9.09. The van der Waals surface area contributed by atoms with Crippen LogP contribution in [0.2, 0.25) is 0 Å². The molecule has 0 saturated carbocycles. The largest absolute Gasteiger partial charge is 0.303 e. The third kappa shape index (κ3) is 3.73. The molecule has 2 heteroatoms. The zero-order valence-electron chi connectivity index (χ0n) is 3.98. The number of halogens is 1. The fourth-order valence-electron chi connectivity index (χ4n) is 0.172. The van der Waals surface area contributed by atoms with Crippen LogP contribution in [0, 0.1) is 0 Å². The molecular formula is C5H7BrO. The molecule has 1 nitrogen and oxygen atoms in total. The molecule has 0 aliphatic heterocycles. The molecule has 0 radical (unpaired) electrons. The molecule has 0 fully saturated rings. The predicted molar refractivity (Wildman–Crippen MR) is 33.6 cm³/mol. The Morgan fingerprint density at radius 1 is 1.86 bits per heavy atom. The van der Waals surface area contributed by atoms with Gasteiger partial charge in [-0.05, 0) is 0 Å². The van der Waals surface area contributed by atoms with E-state index in [9.17, 15) is 4.79 Å². The molecule has 0 heterocycles. The molecule has 0 spiro atoms. The third-order valence-corrected chi connectivity index (χ3v) is 1.35. The van der Waals surface area contributed by atoms with Gasteiger partial charge in [0.05, 0.1) is 0 Å². The Bertz CT molecular complexity index is 78.1. The number of rotatable bonds is 3. The van der Waals surface area contributed by atoms with Gasteiger partial charge in [0.2, 0.25) is 0 Å². The quantitative estimate of drug-likeness (QED) is 0.350. The minimum atomic E-state index is 0.477. The van der Waals surface area contributed by atoms with Crippen LogP contribution >= 0.6 is 15.9 Å². The number of hydrogen-bond donors (Lipinski definition) is 0. The van der Waals surface area contributed by atoms with Gasteiger partial charge in [-0.1, -0.05) is 28.1 Å². The summed E-state index contributed by atoms with van der Waals surface area (Å²) in [7, 11) is 0. The lowest BCUT2D eigenvalue weighted by molar-refractivity contribution is -0.107. The van der Waals surface area contributed by atoms with Gasteiger partial charge in [0, 0.05) is 11.8 Å². The van der Waals surface area contributed by atoms with Crippen LogP contribution in [0.15, 0.2) is 12.2 Å². The van der Waals surface area contributed by atoms with E-state index in [-0.39, 0.29) is 0 Å². The Kier molecular flexibility index (Phi) is 4.00. The molecule has 0 aliphatic rings. The lowest BCUT2D eigenvalue weighted by atomic mass is 10.3. The second-order valence-electron chi connectivity index (χ2n) is 1.25. The molecule has 0 bridgehead atoms. The minimum absolute atomic E-state index is 0.477. The summed E-state index contributed by atoms with van der Waals surface area (Å²) < 4.78 is 0. The first-order valence-electron chi connectivity index (χ1n) is 1.97. The molecule has 0 rings (SSSR count). The summed E-state index contributed by atoms with van der Waals surface area (Å²) in [6, 6.07) is 0. The number of aldehydes is 1. The molecule has 0 aromatic heterocycles. The van der Waals surface area contributed by atoms with Crippen molar-refractivity contribution in [2.75, 3.05) is 5.33 Å². The first-order chi connectivity index (χ1) is 3.31. The molecule has 0 atom stereocenters. The molecule has 7 heavy (non-hydrogen) atoms. The molecule has 0 aliphatic carbocycles. The summed E-state index contributed by atoms with van der Waals surface area (Å²) in [5.41, 5.74) is 0.926. The van der Waals surface area contributed by atoms with E-state index in [0.29, 0.717) is 6.42 Å². The van der Waals surface area contributed by atoms with Crippen molar-refractivity contribution >= 4 is 22.2 Å². The van der Waals surface area contributed by atoms with E-state index >= 15 is 0 Å². The number of allylic oxidation sites excluding steroid dienone is 1. The highest BCUT2D eigenvalue weighted by Crippen LogP contribution is 1.97. The minimum Gasteiger partial charge on any atom is -0.303 e. The lowest BCUT2D eigenvalue weighted by Crippen LogP contribution is -1.80. The van der Waals surface area contributed by atoms with Gasteiger partial charge in [-0.25, -0.2) is 0 Å². The molecule has 0 unspecified atom stereocenters. The summed E-state index contributed by atoms with van der Waals surface area (Å²) in [6.07, 6.45) is 1.33. The van der Waals surface area contributed by atoms with Crippen LogP contribution in [-0.4, -0.2) is 11.6 Å². The summed E-state index contributed by atoms with van der Waals surface area (Å²) in [5, 5.41) is 0.728. The number of hydrogen-bond acceptors (Lipinski definition) is 1. The number of carbonyl (C=O) groups is 1. The van der Waals surface area contributed by atoms with Crippen molar-refractivity contribution < 1.29 is 4.79 Å². The van der Waals surface area contributed by atoms with Crippen LogP contribution in [0.4, 0.5) is 0 Å². The number of alkyl halides is 1. The van der Waals surface area contributed by atoms with Gasteiger partial charge in [0.1, 0.15) is 6.29 Å². The van der Waals surface area contributed by atoms with Crippen molar-refractivity contribution in [2.24, 2.45) is 0 Å². The monoisotopic (exact) mass is 162 g/mol. The smallest absolute Gasteiger partial charge is 0.124 e. The van der Waals surface area contributed by atoms with Gasteiger partial charge in [0.25, 0.3) is 0 Å². The number of carbonyl (C=O) groups excluding carboxylic acids is 1. The average molecular weight is 163 g/mol.